The molecule has 0 bridgehead atoms. The van der Waals surface area contributed by atoms with Crippen molar-refractivity contribution in [2.45, 2.75) is 0 Å². The minimum atomic E-state index is -0.783. The highest BCUT2D eigenvalue weighted by Gasteiger charge is 2.18. The standard InChI is InChI=1S/C17H17N5O3/c1-25-12-8-6-11(7-9-12)15-13-4-2-3-5-14(13)19-16(15)21-22(10-23)17(24)20-18/h2-10,19,21H,18H2,1H3,(H,20,24). The van der Waals surface area contributed by atoms with E-state index in [-0.39, 0.29) is 0 Å². The Hall–Kier alpha value is -3.52. The van der Waals surface area contributed by atoms with Crippen LogP contribution in [0.5, 0.6) is 5.75 Å². The predicted molar refractivity (Wildman–Crippen MR) is 94.5 cm³/mol. The lowest BCUT2D eigenvalue weighted by Crippen LogP contribution is -2.45. The minimum absolute atomic E-state index is 0.339. The van der Waals surface area contributed by atoms with Crippen molar-refractivity contribution in [1.29, 1.82) is 0 Å². The van der Waals surface area contributed by atoms with Gasteiger partial charge in [0.25, 0.3) is 0 Å². The molecule has 8 heteroatoms. The second kappa shape index (κ2) is 6.93. The van der Waals surface area contributed by atoms with Gasteiger partial charge in [-0.25, -0.2) is 10.6 Å². The first-order chi connectivity index (χ1) is 12.2. The van der Waals surface area contributed by atoms with Crippen LogP contribution in [0.15, 0.2) is 48.5 Å². The molecule has 2 aromatic carbocycles. The van der Waals surface area contributed by atoms with Crippen LogP contribution < -0.4 is 21.4 Å². The van der Waals surface area contributed by atoms with Crippen LogP contribution >= 0.6 is 0 Å². The highest BCUT2D eigenvalue weighted by atomic mass is 16.5. The average Bonchev–Trinajstić information content (AvgIpc) is 3.03. The molecule has 0 atom stereocenters. The van der Waals surface area contributed by atoms with E-state index < -0.39 is 6.03 Å². The molecule has 5 N–H and O–H groups in total. The summed E-state index contributed by atoms with van der Waals surface area (Å²) < 4.78 is 5.19. The van der Waals surface area contributed by atoms with E-state index >= 15 is 0 Å². The third-order valence-electron chi connectivity index (χ3n) is 3.76. The van der Waals surface area contributed by atoms with Crippen LogP contribution in [0.25, 0.3) is 22.0 Å². The van der Waals surface area contributed by atoms with Crippen LogP contribution in [0.1, 0.15) is 0 Å². The molecule has 0 saturated heterocycles. The van der Waals surface area contributed by atoms with Crippen LogP contribution in [-0.2, 0) is 4.79 Å². The van der Waals surface area contributed by atoms with Crippen LogP contribution in [0, 0.1) is 0 Å². The Kier molecular flexibility index (Phi) is 4.53. The maximum atomic E-state index is 11.7. The van der Waals surface area contributed by atoms with Crippen LogP contribution in [0.4, 0.5) is 10.6 Å². The zero-order valence-electron chi connectivity index (χ0n) is 13.4. The number of carbonyl (C=O) groups is 2. The predicted octanol–water partition coefficient (Wildman–Crippen LogP) is 2.21. The molecule has 128 valence electrons. The number of fused-ring (bicyclic) bond motifs is 1. The summed E-state index contributed by atoms with van der Waals surface area (Å²) >= 11 is 0. The number of imide groups is 1. The zero-order valence-corrected chi connectivity index (χ0v) is 13.4. The number of nitrogens with zero attached hydrogens (tertiary/aromatic N) is 1. The molecular formula is C17H17N5O3. The van der Waals surface area contributed by atoms with E-state index in [1.54, 1.807) is 7.11 Å². The van der Waals surface area contributed by atoms with Crippen LogP contribution in [0.2, 0.25) is 0 Å². The number of H-pyrrole nitrogens is 1. The normalized spacial score (nSPS) is 10.3. The number of hydrogen-bond donors (Lipinski definition) is 4. The maximum absolute atomic E-state index is 11.7. The van der Waals surface area contributed by atoms with Gasteiger partial charge in [-0.15, -0.1) is 0 Å². The second-order valence-corrected chi connectivity index (χ2v) is 5.19. The number of rotatable bonds is 5. The number of nitrogens with two attached hydrogens (primary N) is 1. The van der Waals surface area contributed by atoms with E-state index in [0.29, 0.717) is 12.2 Å². The lowest BCUT2D eigenvalue weighted by Gasteiger charge is -2.17. The largest absolute Gasteiger partial charge is 0.497 e. The number of ether oxygens (including phenoxy) is 1. The quantitative estimate of drug-likeness (QED) is 0.246. The van der Waals surface area contributed by atoms with Gasteiger partial charge in [0.15, 0.2) is 0 Å². The van der Waals surface area contributed by atoms with Gasteiger partial charge < -0.3 is 9.72 Å². The summed E-state index contributed by atoms with van der Waals surface area (Å²) in [6.45, 7) is 0. The number of nitrogens with one attached hydrogen (secondary N) is 3. The Morgan fingerprint density at radius 3 is 2.56 bits per heavy atom. The zero-order chi connectivity index (χ0) is 17.8. The molecule has 1 aromatic heterocycles. The molecule has 3 amide bonds. The molecule has 0 unspecified atom stereocenters. The molecule has 3 rings (SSSR count). The van der Waals surface area contributed by atoms with Crippen LogP contribution in [-0.4, -0.2) is 29.5 Å². The molecule has 25 heavy (non-hydrogen) atoms. The average molecular weight is 339 g/mol. The van der Waals surface area contributed by atoms with Crippen molar-refractivity contribution in [2.24, 2.45) is 5.84 Å². The first-order valence-corrected chi connectivity index (χ1v) is 7.45. The molecule has 0 aliphatic heterocycles. The van der Waals surface area contributed by atoms with Crippen molar-refractivity contribution < 1.29 is 14.3 Å². The van der Waals surface area contributed by atoms with Gasteiger partial charge in [-0.1, -0.05) is 30.3 Å². The number of methoxy groups -OCH3 is 1. The van der Waals surface area contributed by atoms with Gasteiger partial charge >= 0.3 is 6.03 Å². The Morgan fingerprint density at radius 1 is 1.20 bits per heavy atom. The summed E-state index contributed by atoms with van der Waals surface area (Å²) in [6, 6.07) is 14.3. The Bertz CT molecular complexity index is 904. The van der Waals surface area contributed by atoms with E-state index in [2.05, 4.69) is 10.4 Å². The summed E-state index contributed by atoms with van der Waals surface area (Å²) in [5.41, 5.74) is 7.22. The molecule has 0 aliphatic carbocycles. The van der Waals surface area contributed by atoms with Gasteiger partial charge in [-0.05, 0) is 23.8 Å². The number of benzene rings is 2. The third-order valence-corrected chi connectivity index (χ3v) is 3.76. The van der Waals surface area contributed by atoms with Crippen molar-refractivity contribution in [3.8, 4) is 16.9 Å². The lowest BCUT2D eigenvalue weighted by molar-refractivity contribution is -0.114. The van der Waals surface area contributed by atoms with Crippen molar-refractivity contribution in [1.82, 2.24) is 15.4 Å². The van der Waals surface area contributed by atoms with Crippen molar-refractivity contribution in [3.05, 3.63) is 48.5 Å². The number of anilines is 1. The molecule has 0 radical (unpaired) electrons. The van der Waals surface area contributed by atoms with Gasteiger partial charge in [0, 0.05) is 16.5 Å². The van der Waals surface area contributed by atoms with Crippen molar-refractivity contribution in [2.75, 3.05) is 12.5 Å². The minimum Gasteiger partial charge on any atom is -0.497 e. The number of hydrazine groups is 2. The summed E-state index contributed by atoms with van der Waals surface area (Å²) in [5, 5.41) is 1.66. The number of para-hydroxylation sites is 1. The summed E-state index contributed by atoms with van der Waals surface area (Å²) in [7, 11) is 1.60. The summed E-state index contributed by atoms with van der Waals surface area (Å²) in [5.74, 6) is 6.31. The highest BCUT2D eigenvalue weighted by Crippen LogP contribution is 2.36. The Labute approximate surface area is 143 Å². The molecule has 0 fully saturated rings. The van der Waals surface area contributed by atoms with Crippen molar-refractivity contribution >= 4 is 29.2 Å². The van der Waals surface area contributed by atoms with Crippen LogP contribution in [0.3, 0.4) is 0 Å². The third kappa shape index (κ3) is 3.10. The van der Waals surface area contributed by atoms with E-state index in [1.807, 2.05) is 54.0 Å². The lowest BCUT2D eigenvalue weighted by atomic mass is 10.0. The molecule has 0 spiro atoms. The maximum Gasteiger partial charge on any atom is 0.357 e. The molecule has 3 aromatic rings. The number of amides is 3. The second-order valence-electron chi connectivity index (χ2n) is 5.19. The molecule has 0 saturated carbocycles. The Morgan fingerprint density at radius 2 is 1.92 bits per heavy atom. The van der Waals surface area contributed by atoms with Gasteiger partial charge in [0.05, 0.1) is 7.11 Å². The summed E-state index contributed by atoms with van der Waals surface area (Å²) in [6.07, 6.45) is 0.339. The Balaban J connectivity index is 2.11. The molecule has 8 nitrogen and oxygen atoms in total. The smallest absolute Gasteiger partial charge is 0.357 e. The molecule has 1 heterocycles. The molecular weight excluding hydrogens is 322 g/mol. The van der Waals surface area contributed by atoms with E-state index in [9.17, 15) is 9.59 Å². The van der Waals surface area contributed by atoms with Gasteiger partial charge in [0.1, 0.15) is 11.6 Å². The fourth-order valence-corrected chi connectivity index (χ4v) is 2.60. The van der Waals surface area contributed by atoms with Crippen molar-refractivity contribution in [3.63, 3.8) is 0 Å². The van der Waals surface area contributed by atoms with E-state index in [0.717, 1.165) is 32.8 Å². The highest BCUT2D eigenvalue weighted by molar-refractivity contribution is 6.03. The SMILES string of the molecule is COc1ccc(-c2c(NN(C=O)C(=O)NN)[nH]c3ccccc23)cc1. The fraction of sp³-hybridized carbons (Fsp3) is 0.0588. The number of aromatic nitrogens is 1. The first-order valence-electron chi connectivity index (χ1n) is 7.45. The van der Waals surface area contributed by atoms with Gasteiger partial charge in [-0.3, -0.25) is 15.6 Å². The fourth-order valence-electron chi connectivity index (χ4n) is 2.60. The first kappa shape index (κ1) is 16.3. The summed E-state index contributed by atoms with van der Waals surface area (Å²) in [4.78, 5) is 26.0. The molecule has 0 aliphatic rings. The van der Waals surface area contributed by atoms with Gasteiger partial charge in [0.2, 0.25) is 6.41 Å². The number of urea groups is 1. The number of carbonyl (C=O) groups excluding carboxylic acids is 2. The van der Waals surface area contributed by atoms with Gasteiger partial charge in [-0.2, -0.15) is 5.01 Å². The monoisotopic (exact) mass is 339 g/mol. The number of hydrogen-bond acceptors (Lipinski definition) is 5. The number of aromatic amines is 1. The topological polar surface area (TPSA) is 112 Å². The van der Waals surface area contributed by atoms with E-state index in [1.165, 1.54) is 0 Å². The van der Waals surface area contributed by atoms with E-state index in [4.69, 9.17) is 10.6 Å².